The second kappa shape index (κ2) is 7.75. The van der Waals surface area contributed by atoms with Gasteiger partial charge in [0, 0.05) is 16.8 Å². The van der Waals surface area contributed by atoms with Crippen LogP contribution >= 0.6 is 15.9 Å². The summed E-state index contributed by atoms with van der Waals surface area (Å²) in [5.41, 5.74) is 7.82. The molecule has 0 fully saturated rings. The predicted molar refractivity (Wildman–Crippen MR) is 38.6 cm³/mol. The van der Waals surface area contributed by atoms with Crippen LogP contribution in [0.25, 0.3) is 10.4 Å². The minimum atomic E-state index is 0.420. The molecule has 0 aromatic heterocycles. The maximum absolute atomic E-state index is 7.82. The molecule has 5 heteroatoms. The standard InChI is InChI=1S/C4H8BrN3O/c5-1-3-9-4-2-7-8-6/h1-4H2. The number of halogens is 1. The Kier molecular flexibility index (Phi) is 7.53. The van der Waals surface area contributed by atoms with E-state index >= 15 is 0 Å². The highest BCUT2D eigenvalue weighted by atomic mass is 79.9. The summed E-state index contributed by atoms with van der Waals surface area (Å²) < 4.78 is 4.97. The first-order valence-corrected chi connectivity index (χ1v) is 3.68. The largest absolute Gasteiger partial charge is 0.380 e. The van der Waals surface area contributed by atoms with Crippen molar-refractivity contribution in [3.63, 3.8) is 0 Å². The fourth-order valence-electron chi connectivity index (χ4n) is 0.307. The van der Waals surface area contributed by atoms with E-state index in [1.54, 1.807) is 0 Å². The van der Waals surface area contributed by atoms with E-state index in [1.165, 1.54) is 0 Å². The molecule has 0 aromatic rings. The highest BCUT2D eigenvalue weighted by molar-refractivity contribution is 9.09. The van der Waals surface area contributed by atoms with Crippen LogP contribution in [0.15, 0.2) is 5.11 Å². The summed E-state index contributed by atoms with van der Waals surface area (Å²) in [6.07, 6.45) is 0. The number of ether oxygens (including phenoxy) is 1. The van der Waals surface area contributed by atoms with Crippen LogP contribution in [0.4, 0.5) is 0 Å². The van der Waals surface area contributed by atoms with Crippen molar-refractivity contribution in [2.75, 3.05) is 25.1 Å². The average Bonchev–Trinajstić information content (AvgIpc) is 1.89. The van der Waals surface area contributed by atoms with Gasteiger partial charge in [0.15, 0.2) is 0 Å². The molecular weight excluding hydrogens is 186 g/mol. The van der Waals surface area contributed by atoms with E-state index in [9.17, 15) is 0 Å². The molecule has 0 rings (SSSR count). The van der Waals surface area contributed by atoms with Gasteiger partial charge in [-0.1, -0.05) is 21.0 Å². The smallest absolute Gasteiger partial charge is 0.0563 e. The monoisotopic (exact) mass is 193 g/mol. The van der Waals surface area contributed by atoms with Gasteiger partial charge in [-0.25, -0.2) is 0 Å². The van der Waals surface area contributed by atoms with Gasteiger partial charge in [-0.3, -0.25) is 0 Å². The van der Waals surface area contributed by atoms with Crippen LogP contribution in [-0.4, -0.2) is 25.1 Å². The van der Waals surface area contributed by atoms with Crippen LogP contribution in [0, 0.1) is 0 Å². The van der Waals surface area contributed by atoms with Gasteiger partial charge in [-0.05, 0) is 5.53 Å². The van der Waals surface area contributed by atoms with E-state index in [0.29, 0.717) is 19.8 Å². The minimum absolute atomic E-state index is 0.420. The molecule has 0 saturated heterocycles. The van der Waals surface area contributed by atoms with E-state index in [1.807, 2.05) is 0 Å². The summed E-state index contributed by atoms with van der Waals surface area (Å²) in [7, 11) is 0. The normalized spacial score (nSPS) is 8.56. The number of hydrogen-bond acceptors (Lipinski definition) is 2. The third-order valence-corrected chi connectivity index (χ3v) is 0.944. The van der Waals surface area contributed by atoms with Crippen molar-refractivity contribution in [2.45, 2.75) is 0 Å². The summed E-state index contributed by atoms with van der Waals surface area (Å²) in [5, 5.41) is 4.11. The topological polar surface area (TPSA) is 58.0 Å². The van der Waals surface area contributed by atoms with E-state index in [0.717, 1.165) is 5.33 Å². The average molecular weight is 194 g/mol. The van der Waals surface area contributed by atoms with E-state index in [-0.39, 0.29) is 0 Å². The summed E-state index contributed by atoms with van der Waals surface area (Å²) in [6.45, 7) is 1.60. The maximum atomic E-state index is 7.82. The van der Waals surface area contributed by atoms with Gasteiger partial charge >= 0.3 is 0 Å². The quantitative estimate of drug-likeness (QED) is 0.216. The van der Waals surface area contributed by atoms with Crippen molar-refractivity contribution < 1.29 is 4.74 Å². The molecule has 0 radical (unpaired) electrons. The molecule has 0 amide bonds. The van der Waals surface area contributed by atoms with Crippen molar-refractivity contribution in [3.05, 3.63) is 10.4 Å². The Morgan fingerprint density at radius 1 is 1.56 bits per heavy atom. The Labute approximate surface area is 61.9 Å². The Bertz CT molecular complexity index is 102. The third kappa shape index (κ3) is 7.75. The third-order valence-electron chi connectivity index (χ3n) is 0.620. The molecular formula is C4H8BrN3O. The van der Waals surface area contributed by atoms with Crippen molar-refractivity contribution >= 4 is 15.9 Å². The lowest BCUT2D eigenvalue weighted by atomic mass is 10.7. The van der Waals surface area contributed by atoms with Crippen molar-refractivity contribution in [1.82, 2.24) is 0 Å². The summed E-state index contributed by atoms with van der Waals surface area (Å²) >= 11 is 3.19. The van der Waals surface area contributed by atoms with Gasteiger partial charge in [0.2, 0.25) is 0 Å². The van der Waals surface area contributed by atoms with Crippen molar-refractivity contribution in [2.24, 2.45) is 5.11 Å². The lowest BCUT2D eigenvalue weighted by Crippen LogP contribution is -1.99. The molecule has 0 bridgehead atoms. The number of rotatable bonds is 5. The van der Waals surface area contributed by atoms with Crippen LogP contribution in [0.5, 0.6) is 0 Å². The summed E-state index contributed by atoms with van der Waals surface area (Å²) in [5.74, 6) is 0. The number of azide groups is 1. The SMILES string of the molecule is [N-]=[N+]=NCCOCCBr. The molecule has 0 aliphatic carbocycles. The number of hydrogen-bond donors (Lipinski definition) is 0. The molecule has 52 valence electrons. The van der Waals surface area contributed by atoms with Crippen molar-refractivity contribution in [1.29, 1.82) is 0 Å². The number of alkyl halides is 1. The first-order chi connectivity index (χ1) is 4.41. The Morgan fingerprint density at radius 3 is 2.89 bits per heavy atom. The highest BCUT2D eigenvalue weighted by Crippen LogP contribution is 1.81. The highest BCUT2D eigenvalue weighted by Gasteiger charge is 1.81. The Morgan fingerprint density at radius 2 is 2.33 bits per heavy atom. The molecule has 0 heterocycles. The van der Waals surface area contributed by atoms with Gasteiger partial charge in [0.05, 0.1) is 13.2 Å². The second-order valence-corrected chi connectivity index (χ2v) is 2.05. The first-order valence-electron chi connectivity index (χ1n) is 2.56. The second-order valence-electron chi connectivity index (χ2n) is 1.26. The minimum Gasteiger partial charge on any atom is -0.380 e. The Hall–Kier alpha value is -0.250. The van der Waals surface area contributed by atoms with Gasteiger partial charge in [-0.2, -0.15) is 0 Å². The summed E-state index contributed by atoms with van der Waals surface area (Å²) in [4.78, 5) is 2.57. The predicted octanol–water partition coefficient (Wildman–Crippen LogP) is 1.71. The Balaban J connectivity index is 2.82. The fraction of sp³-hybridized carbons (Fsp3) is 1.00. The van der Waals surface area contributed by atoms with Gasteiger partial charge in [-0.15, -0.1) is 0 Å². The lowest BCUT2D eigenvalue weighted by Gasteiger charge is -1.94. The molecule has 0 N–H and O–H groups in total. The maximum Gasteiger partial charge on any atom is 0.0563 e. The summed E-state index contributed by atoms with van der Waals surface area (Å²) in [6, 6.07) is 0. The van der Waals surface area contributed by atoms with Crippen LogP contribution in [0.2, 0.25) is 0 Å². The zero-order valence-corrected chi connectivity index (χ0v) is 6.54. The molecule has 0 saturated carbocycles. The van der Waals surface area contributed by atoms with Crippen molar-refractivity contribution in [3.8, 4) is 0 Å². The van der Waals surface area contributed by atoms with E-state index in [4.69, 9.17) is 10.3 Å². The van der Waals surface area contributed by atoms with Crippen LogP contribution in [0.1, 0.15) is 0 Å². The molecule has 9 heavy (non-hydrogen) atoms. The lowest BCUT2D eigenvalue weighted by molar-refractivity contribution is 0.158. The zero-order chi connectivity index (χ0) is 6.95. The molecule has 0 aliphatic rings. The van der Waals surface area contributed by atoms with Gasteiger partial charge < -0.3 is 4.74 Å². The zero-order valence-electron chi connectivity index (χ0n) is 4.96. The van der Waals surface area contributed by atoms with Gasteiger partial charge in [0.1, 0.15) is 0 Å². The van der Waals surface area contributed by atoms with Gasteiger partial charge in [0.25, 0.3) is 0 Å². The molecule has 0 spiro atoms. The van der Waals surface area contributed by atoms with Crippen LogP contribution in [-0.2, 0) is 4.74 Å². The number of nitrogens with zero attached hydrogens (tertiary/aromatic N) is 3. The molecule has 0 aromatic carbocycles. The molecule has 0 aliphatic heterocycles. The molecule has 0 atom stereocenters. The van der Waals surface area contributed by atoms with Crippen LogP contribution < -0.4 is 0 Å². The van der Waals surface area contributed by atoms with E-state index in [2.05, 4.69) is 26.0 Å². The van der Waals surface area contributed by atoms with E-state index < -0.39 is 0 Å². The molecule has 4 nitrogen and oxygen atoms in total. The fourth-order valence-corrected chi connectivity index (χ4v) is 0.536. The molecule has 0 unspecified atom stereocenters. The first kappa shape index (κ1) is 8.75. The van der Waals surface area contributed by atoms with Crippen LogP contribution in [0.3, 0.4) is 0 Å².